The molecule has 0 bridgehead atoms. The molecule has 1 saturated heterocycles. The minimum atomic E-state index is -0.452. The van der Waals surface area contributed by atoms with E-state index in [1.165, 1.54) is 0 Å². The van der Waals surface area contributed by atoms with Crippen LogP contribution in [0, 0.1) is 0 Å². The van der Waals surface area contributed by atoms with E-state index in [-0.39, 0.29) is 6.42 Å². The third-order valence-corrected chi connectivity index (χ3v) is 2.87. The Labute approximate surface area is 91.2 Å². The Hall–Kier alpha value is -2.10. The minimum Gasteiger partial charge on any atom is -0.393 e. The van der Waals surface area contributed by atoms with Crippen molar-refractivity contribution in [3.8, 4) is 0 Å². The Morgan fingerprint density at radius 2 is 2.12 bits per heavy atom. The van der Waals surface area contributed by atoms with Gasteiger partial charge in [0.2, 0.25) is 0 Å². The summed E-state index contributed by atoms with van der Waals surface area (Å²) in [5.41, 5.74) is 1.82. The molecule has 2 aromatic rings. The van der Waals surface area contributed by atoms with E-state index in [0.717, 1.165) is 16.5 Å². The molecule has 4 nitrogen and oxygen atoms in total. The lowest BCUT2D eigenvalue weighted by Crippen LogP contribution is -2.05. The van der Waals surface area contributed by atoms with Gasteiger partial charge in [0, 0.05) is 17.1 Å². The molecule has 1 aliphatic heterocycles. The highest BCUT2D eigenvalue weighted by molar-refractivity contribution is 6.00. The average Bonchev–Trinajstić information content (AvgIpc) is 2.84. The maximum absolute atomic E-state index is 11.5. The van der Waals surface area contributed by atoms with Gasteiger partial charge in [-0.3, -0.25) is 9.59 Å². The van der Waals surface area contributed by atoms with Gasteiger partial charge in [0.05, 0.1) is 12.3 Å². The van der Waals surface area contributed by atoms with Crippen LogP contribution in [0.15, 0.2) is 30.5 Å². The van der Waals surface area contributed by atoms with Crippen molar-refractivity contribution in [1.29, 1.82) is 0 Å². The standard InChI is InChI=1S/C12H9NO3/c14-11-6-9(12(15)16-11)7-2-1-3-10-8(7)4-5-13-10/h1-5,9,13H,6H2. The normalized spacial score (nSPS) is 20.4. The molecule has 1 N–H and O–H groups in total. The summed E-state index contributed by atoms with van der Waals surface area (Å²) in [5, 5.41) is 0.971. The van der Waals surface area contributed by atoms with Crippen molar-refractivity contribution in [1.82, 2.24) is 4.98 Å². The first-order valence-electron chi connectivity index (χ1n) is 5.06. The van der Waals surface area contributed by atoms with E-state index >= 15 is 0 Å². The molecule has 1 aromatic heterocycles. The van der Waals surface area contributed by atoms with Gasteiger partial charge >= 0.3 is 11.9 Å². The molecule has 0 spiro atoms. The summed E-state index contributed by atoms with van der Waals surface area (Å²) >= 11 is 0. The summed E-state index contributed by atoms with van der Waals surface area (Å²) in [4.78, 5) is 25.6. The van der Waals surface area contributed by atoms with Gasteiger partial charge < -0.3 is 9.72 Å². The highest BCUT2D eigenvalue weighted by atomic mass is 16.6. The van der Waals surface area contributed by atoms with Crippen LogP contribution >= 0.6 is 0 Å². The monoisotopic (exact) mass is 215 g/mol. The van der Waals surface area contributed by atoms with E-state index in [9.17, 15) is 9.59 Å². The fraction of sp³-hybridized carbons (Fsp3) is 0.167. The lowest BCUT2D eigenvalue weighted by atomic mass is 9.95. The molecule has 2 heterocycles. The summed E-state index contributed by atoms with van der Waals surface area (Å²) in [6.07, 6.45) is 1.96. The fourth-order valence-electron chi connectivity index (χ4n) is 2.13. The third-order valence-electron chi connectivity index (χ3n) is 2.87. The Bertz CT molecular complexity index is 585. The zero-order chi connectivity index (χ0) is 11.1. The van der Waals surface area contributed by atoms with Crippen LogP contribution in [0.4, 0.5) is 0 Å². The topological polar surface area (TPSA) is 59.2 Å². The van der Waals surface area contributed by atoms with Crippen molar-refractivity contribution in [3.05, 3.63) is 36.0 Å². The van der Waals surface area contributed by atoms with Crippen LogP contribution in [0.5, 0.6) is 0 Å². The number of esters is 2. The van der Waals surface area contributed by atoms with E-state index in [2.05, 4.69) is 9.72 Å². The first-order chi connectivity index (χ1) is 7.75. The summed E-state index contributed by atoms with van der Waals surface area (Å²) < 4.78 is 4.57. The van der Waals surface area contributed by atoms with E-state index < -0.39 is 17.9 Å². The lowest BCUT2D eigenvalue weighted by Gasteiger charge is -2.06. The molecule has 1 unspecified atom stereocenters. The Morgan fingerprint density at radius 1 is 1.25 bits per heavy atom. The molecule has 1 aromatic carbocycles. The number of nitrogens with one attached hydrogen (secondary N) is 1. The van der Waals surface area contributed by atoms with Gasteiger partial charge in [0.15, 0.2) is 0 Å². The molecular weight excluding hydrogens is 206 g/mol. The van der Waals surface area contributed by atoms with E-state index in [0.29, 0.717) is 0 Å². The lowest BCUT2D eigenvalue weighted by molar-refractivity contribution is -0.152. The van der Waals surface area contributed by atoms with Gasteiger partial charge in [0.25, 0.3) is 0 Å². The van der Waals surface area contributed by atoms with Gasteiger partial charge in [-0.25, -0.2) is 0 Å². The van der Waals surface area contributed by atoms with Crippen molar-refractivity contribution in [2.24, 2.45) is 0 Å². The predicted molar refractivity (Wildman–Crippen MR) is 56.8 cm³/mol. The smallest absolute Gasteiger partial charge is 0.321 e. The number of H-pyrrole nitrogens is 1. The Kier molecular flexibility index (Phi) is 1.83. The van der Waals surface area contributed by atoms with Crippen LogP contribution in [0.3, 0.4) is 0 Å². The van der Waals surface area contributed by atoms with Crippen molar-refractivity contribution in [2.75, 3.05) is 0 Å². The molecule has 16 heavy (non-hydrogen) atoms. The van der Waals surface area contributed by atoms with E-state index in [1.54, 1.807) is 0 Å². The molecule has 1 aliphatic rings. The molecule has 0 saturated carbocycles. The van der Waals surface area contributed by atoms with Gasteiger partial charge in [0.1, 0.15) is 0 Å². The maximum atomic E-state index is 11.5. The molecule has 1 atom stereocenters. The number of cyclic esters (lactones) is 2. The minimum absolute atomic E-state index is 0.142. The van der Waals surface area contributed by atoms with Crippen molar-refractivity contribution < 1.29 is 14.3 Å². The van der Waals surface area contributed by atoms with Crippen LogP contribution in [0.2, 0.25) is 0 Å². The van der Waals surface area contributed by atoms with Crippen molar-refractivity contribution in [3.63, 3.8) is 0 Å². The number of carbonyl (C=O) groups is 2. The first-order valence-corrected chi connectivity index (χ1v) is 5.06. The van der Waals surface area contributed by atoms with Crippen molar-refractivity contribution in [2.45, 2.75) is 12.3 Å². The van der Waals surface area contributed by atoms with Gasteiger partial charge in [-0.05, 0) is 17.7 Å². The van der Waals surface area contributed by atoms with Crippen LogP contribution in [-0.4, -0.2) is 16.9 Å². The number of fused-ring (bicyclic) bond motifs is 1. The zero-order valence-electron chi connectivity index (χ0n) is 8.40. The van der Waals surface area contributed by atoms with E-state index in [1.807, 2.05) is 30.5 Å². The maximum Gasteiger partial charge on any atom is 0.321 e. The molecule has 0 radical (unpaired) electrons. The predicted octanol–water partition coefficient (Wildman–Crippen LogP) is 1.72. The number of hydrogen-bond donors (Lipinski definition) is 1. The van der Waals surface area contributed by atoms with Crippen LogP contribution in [0.25, 0.3) is 10.9 Å². The SMILES string of the molecule is O=C1CC(c2cccc3[nH]ccc23)C(=O)O1. The van der Waals surface area contributed by atoms with E-state index in [4.69, 9.17) is 0 Å². The quantitative estimate of drug-likeness (QED) is 0.582. The number of carbonyl (C=O) groups excluding carboxylic acids is 2. The fourth-order valence-corrected chi connectivity index (χ4v) is 2.13. The molecular formula is C12H9NO3. The number of hydrogen-bond acceptors (Lipinski definition) is 3. The number of ether oxygens (including phenoxy) is 1. The summed E-state index contributed by atoms with van der Waals surface area (Å²) in [7, 11) is 0. The second-order valence-corrected chi connectivity index (χ2v) is 3.84. The number of rotatable bonds is 1. The van der Waals surface area contributed by atoms with Crippen LogP contribution in [-0.2, 0) is 14.3 Å². The molecule has 0 aliphatic carbocycles. The van der Waals surface area contributed by atoms with Crippen molar-refractivity contribution >= 4 is 22.8 Å². The molecule has 80 valence electrons. The highest BCUT2D eigenvalue weighted by Crippen LogP contribution is 2.32. The average molecular weight is 215 g/mol. The van der Waals surface area contributed by atoms with Gasteiger partial charge in [-0.1, -0.05) is 12.1 Å². The summed E-state index contributed by atoms with van der Waals surface area (Å²) in [6, 6.07) is 7.56. The molecule has 4 heteroatoms. The van der Waals surface area contributed by atoms with Crippen LogP contribution in [0.1, 0.15) is 17.9 Å². The third kappa shape index (κ3) is 1.23. The second-order valence-electron chi connectivity index (χ2n) is 3.84. The molecule has 3 rings (SSSR count). The summed E-state index contributed by atoms with van der Waals surface area (Å²) in [6.45, 7) is 0. The van der Waals surface area contributed by atoms with Gasteiger partial charge in [-0.15, -0.1) is 0 Å². The largest absolute Gasteiger partial charge is 0.393 e. The number of aromatic amines is 1. The summed E-state index contributed by atoms with van der Waals surface area (Å²) in [5.74, 6) is -1.34. The molecule has 1 fully saturated rings. The number of aromatic nitrogens is 1. The van der Waals surface area contributed by atoms with Crippen LogP contribution < -0.4 is 0 Å². The number of benzene rings is 1. The molecule has 0 amide bonds. The first kappa shape index (κ1) is 9.15. The zero-order valence-corrected chi connectivity index (χ0v) is 8.40. The Morgan fingerprint density at radius 3 is 2.88 bits per heavy atom. The highest BCUT2D eigenvalue weighted by Gasteiger charge is 2.35. The Balaban J connectivity index is 2.15. The van der Waals surface area contributed by atoms with Gasteiger partial charge in [-0.2, -0.15) is 0 Å². The second kappa shape index (κ2) is 3.20.